The lowest BCUT2D eigenvalue weighted by atomic mass is 9.82. The molecule has 0 aromatic heterocycles. The van der Waals surface area contributed by atoms with Gasteiger partial charge in [-0.25, -0.2) is 0 Å². The van der Waals surface area contributed by atoms with E-state index in [1.807, 2.05) is 18.2 Å². The fourth-order valence-corrected chi connectivity index (χ4v) is 4.72. The van der Waals surface area contributed by atoms with E-state index in [1.54, 1.807) is 51.1 Å². The standard InChI is InChI=1S/C27H29N3O5S/c1-16(2)35-23(31)15-36-27-20(14-28)25(18-11-12-21(33-4)22(13-18)34-5)24(17(3)29-27)26(32)30-19-9-7-6-8-10-19/h6-13,16,25,29H,15H2,1-5H3,(H,30,32). The molecule has 2 aromatic carbocycles. The molecule has 0 saturated heterocycles. The molecule has 1 aliphatic heterocycles. The number of esters is 1. The van der Waals surface area contributed by atoms with Gasteiger partial charge in [-0.15, -0.1) is 0 Å². The third-order valence-electron chi connectivity index (χ3n) is 5.37. The molecule has 9 heteroatoms. The highest BCUT2D eigenvalue weighted by molar-refractivity contribution is 8.03. The summed E-state index contributed by atoms with van der Waals surface area (Å²) in [5, 5.41) is 16.8. The molecule has 1 atom stereocenters. The van der Waals surface area contributed by atoms with Crippen molar-refractivity contribution in [3.05, 3.63) is 76.0 Å². The van der Waals surface area contributed by atoms with E-state index in [4.69, 9.17) is 14.2 Å². The smallest absolute Gasteiger partial charge is 0.316 e. The Labute approximate surface area is 215 Å². The van der Waals surface area contributed by atoms with Gasteiger partial charge in [0, 0.05) is 17.0 Å². The SMILES string of the molecule is COc1ccc(C2C(C#N)=C(SCC(=O)OC(C)C)NC(C)=C2C(=O)Nc2ccccc2)cc1OC. The highest BCUT2D eigenvalue weighted by Crippen LogP contribution is 2.43. The van der Waals surface area contributed by atoms with Crippen LogP contribution in [0.3, 0.4) is 0 Å². The van der Waals surface area contributed by atoms with Gasteiger partial charge in [0.05, 0.1) is 48.7 Å². The molecule has 0 spiro atoms. The van der Waals surface area contributed by atoms with Crippen molar-refractivity contribution in [3.8, 4) is 17.6 Å². The molecular formula is C27H29N3O5S. The monoisotopic (exact) mass is 507 g/mol. The van der Waals surface area contributed by atoms with Crippen LogP contribution in [-0.4, -0.2) is 38.0 Å². The lowest BCUT2D eigenvalue weighted by molar-refractivity contribution is -0.144. The summed E-state index contributed by atoms with van der Waals surface area (Å²) in [5.74, 6) is -0.423. The van der Waals surface area contributed by atoms with Gasteiger partial charge < -0.3 is 24.8 Å². The first-order chi connectivity index (χ1) is 17.3. The molecule has 8 nitrogen and oxygen atoms in total. The minimum absolute atomic E-state index is 0.0170. The van der Waals surface area contributed by atoms with Crippen molar-refractivity contribution in [2.75, 3.05) is 25.3 Å². The van der Waals surface area contributed by atoms with E-state index in [9.17, 15) is 14.9 Å². The molecule has 0 aliphatic carbocycles. The molecule has 36 heavy (non-hydrogen) atoms. The highest BCUT2D eigenvalue weighted by atomic mass is 32.2. The molecule has 0 fully saturated rings. The lowest BCUT2D eigenvalue weighted by Crippen LogP contribution is -2.31. The summed E-state index contributed by atoms with van der Waals surface area (Å²) < 4.78 is 16.1. The van der Waals surface area contributed by atoms with E-state index in [0.717, 1.165) is 0 Å². The van der Waals surface area contributed by atoms with Crippen LogP contribution in [0.25, 0.3) is 0 Å². The van der Waals surface area contributed by atoms with Crippen molar-refractivity contribution < 1.29 is 23.8 Å². The number of thioether (sulfide) groups is 1. The first-order valence-electron chi connectivity index (χ1n) is 11.3. The number of benzene rings is 2. The molecule has 188 valence electrons. The van der Waals surface area contributed by atoms with Crippen LogP contribution in [0.5, 0.6) is 11.5 Å². The predicted molar refractivity (Wildman–Crippen MR) is 140 cm³/mol. The van der Waals surface area contributed by atoms with Crippen molar-refractivity contribution in [1.29, 1.82) is 5.26 Å². The Balaban J connectivity index is 2.06. The van der Waals surface area contributed by atoms with Gasteiger partial charge in [-0.05, 0) is 50.6 Å². The van der Waals surface area contributed by atoms with Crippen LogP contribution in [0.2, 0.25) is 0 Å². The van der Waals surface area contributed by atoms with Crippen LogP contribution in [0.15, 0.2) is 70.4 Å². The first-order valence-corrected chi connectivity index (χ1v) is 12.3. The second-order valence-corrected chi connectivity index (χ2v) is 9.20. The van der Waals surface area contributed by atoms with E-state index in [2.05, 4.69) is 16.7 Å². The molecule has 1 heterocycles. The summed E-state index contributed by atoms with van der Waals surface area (Å²) in [6.07, 6.45) is -0.240. The summed E-state index contributed by atoms with van der Waals surface area (Å²) in [5.41, 5.74) is 2.58. The zero-order chi connectivity index (χ0) is 26.2. The number of hydrogen-bond acceptors (Lipinski definition) is 8. The van der Waals surface area contributed by atoms with E-state index < -0.39 is 11.9 Å². The Hall–Kier alpha value is -3.90. The van der Waals surface area contributed by atoms with Crippen molar-refractivity contribution in [2.45, 2.75) is 32.8 Å². The number of nitriles is 1. The van der Waals surface area contributed by atoms with E-state index in [1.165, 1.54) is 26.0 Å². The number of para-hydroxylation sites is 1. The summed E-state index contributed by atoms with van der Waals surface area (Å²) in [7, 11) is 3.06. The maximum atomic E-state index is 13.5. The Morgan fingerprint density at radius 1 is 1.11 bits per heavy atom. The van der Waals surface area contributed by atoms with Crippen LogP contribution < -0.4 is 20.1 Å². The van der Waals surface area contributed by atoms with Crippen LogP contribution in [0.1, 0.15) is 32.3 Å². The van der Waals surface area contributed by atoms with E-state index in [0.29, 0.717) is 44.6 Å². The largest absolute Gasteiger partial charge is 0.493 e. The van der Waals surface area contributed by atoms with E-state index >= 15 is 0 Å². The fraction of sp³-hybridized carbons (Fsp3) is 0.296. The molecule has 2 N–H and O–H groups in total. The average Bonchev–Trinajstić information content (AvgIpc) is 2.86. The minimum atomic E-state index is -0.705. The van der Waals surface area contributed by atoms with Gasteiger partial charge in [-0.2, -0.15) is 5.26 Å². The second-order valence-electron chi connectivity index (χ2n) is 8.21. The number of rotatable bonds is 9. The zero-order valence-corrected chi connectivity index (χ0v) is 21.7. The quantitative estimate of drug-likeness (QED) is 0.469. The summed E-state index contributed by atoms with van der Waals surface area (Å²) >= 11 is 1.17. The number of carbonyl (C=O) groups excluding carboxylic acids is 2. The average molecular weight is 508 g/mol. The number of hydrogen-bond donors (Lipinski definition) is 2. The number of allylic oxidation sites excluding steroid dienone is 2. The zero-order valence-electron chi connectivity index (χ0n) is 20.9. The maximum Gasteiger partial charge on any atom is 0.316 e. The van der Waals surface area contributed by atoms with Gasteiger partial charge in [-0.1, -0.05) is 36.0 Å². The van der Waals surface area contributed by atoms with Crippen LogP contribution in [0, 0.1) is 11.3 Å². The minimum Gasteiger partial charge on any atom is -0.493 e. The van der Waals surface area contributed by atoms with Gasteiger partial charge >= 0.3 is 5.97 Å². The van der Waals surface area contributed by atoms with Crippen LogP contribution in [0.4, 0.5) is 5.69 Å². The summed E-state index contributed by atoms with van der Waals surface area (Å²) in [6.45, 7) is 5.33. The number of nitrogens with one attached hydrogen (secondary N) is 2. The second kappa shape index (κ2) is 12.2. The molecule has 2 aromatic rings. The molecule has 1 unspecified atom stereocenters. The normalized spacial score (nSPS) is 15.2. The van der Waals surface area contributed by atoms with Gasteiger partial charge in [0.15, 0.2) is 11.5 Å². The summed E-state index contributed by atoms with van der Waals surface area (Å²) in [4.78, 5) is 25.7. The third kappa shape index (κ3) is 6.20. The fourth-order valence-electron chi connectivity index (χ4n) is 3.84. The Morgan fingerprint density at radius 2 is 1.81 bits per heavy atom. The molecule has 0 radical (unpaired) electrons. The number of carbonyl (C=O) groups is 2. The molecule has 1 aliphatic rings. The van der Waals surface area contributed by atoms with Crippen LogP contribution in [-0.2, 0) is 14.3 Å². The topological polar surface area (TPSA) is 110 Å². The van der Waals surface area contributed by atoms with Crippen molar-refractivity contribution in [3.63, 3.8) is 0 Å². The molecule has 3 rings (SSSR count). The van der Waals surface area contributed by atoms with Gasteiger partial charge in [0.25, 0.3) is 5.91 Å². The predicted octanol–water partition coefficient (Wildman–Crippen LogP) is 4.72. The summed E-state index contributed by atoms with van der Waals surface area (Å²) in [6, 6.07) is 16.6. The van der Waals surface area contributed by atoms with Gasteiger partial charge in [-0.3, -0.25) is 9.59 Å². The molecule has 0 bridgehead atoms. The first kappa shape index (κ1) is 26.7. The number of ether oxygens (including phenoxy) is 3. The Morgan fingerprint density at radius 3 is 2.42 bits per heavy atom. The molecular weight excluding hydrogens is 478 g/mol. The lowest BCUT2D eigenvalue weighted by Gasteiger charge is -2.30. The molecule has 0 saturated carbocycles. The Kier molecular flexibility index (Phi) is 9.03. The third-order valence-corrected chi connectivity index (χ3v) is 6.36. The highest BCUT2D eigenvalue weighted by Gasteiger charge is 2.35. The number of amides is 1. The van der Waals surface area contributed by atoms with Crippen molar-refractivity contribution in [2.24, 2.45) is 0 Å². The number of methoxy groups -OCH3 is 2. The van der Waals surface area contributed by atoms with Gasteiger partial charge in [0.1, 0.15) is 0 Å². The Bertz CT molecular complexity index is 1230. The number of anilines is 1. The maximum absolute atomic E-state index is 13.5. The van der Waals surface area contributed by atoms with Gasteiger partial charge in [0.2, 0.25) is 0 Å². The van der Waals surface area contributed by atoms with E-state index in [-0.39, 0.29) is 17.8 Å². The van der Waals surface area contributed by atoms with Crippen molar-refractivity contribution >= 4 is 29.3 Å². The molecule has 1 amide bonds. The number of dihydropyridines is 1. The number of nitrogens with zero attached hydrogens (tertiary/aromatic N) is 1. The van der Waals surface area contributed by atoms with Crippen LogP contribution >= 0.6 is 11.8 Å². The van der Waals surface area contributed by atoms with Crippen molar-refractivity contribution in [1.82, 2.24) is 5.32 Å².